The monoisotopic (exact) mass is 250 g/mol. The minimum atomic E-state index is -0.524. The van der Waals surface area contributed by atoms with Crippen molar-refractivity contribution in [1.82, 2.24) is 4.90 Å². The van der Waals surface area contributed by atoms with Gasteiger partial charge in [-0.25, -0.2) is 4.39 Å². The first-order valence-electron chi connectivity index (χ1n) is 6.46. The summed E-state index contributed by atoms with van der Waals surface area (Å²) in [6, 6.07) is 4.39. The third-order valence-corrected chi connectivity index (χ3v) is 3.76. The molecule has 2 rings (SSSR count). The van der Waals surface area contributed by atoms with Crippen molar-refractivity contribution in [3.8, 4) is 0 Å². The van der Waals surface area contributed by atoms with Gasteiger partial charge < -0.3 is 10.6 Å². The van der Waals surface area contributed by atoms with Crippen molar-refractivity contribution in [3.63, 3.8) is 0 Å². The van der Waals surface area contributed by atoms with Crippen LogP contribution in [0.5, 0.6) is 0 Å². The van der Waals surface area contributed by atoms with Crippen LogP contribution in [0.3, 0.4) is 0 Å². The van der Waals surface area contributed by atoms with Crippen LogP contribution in [0, 0.1) is 11.7 Å². The maximum Gasteiger partial charge on any atom is 0.256 e. The number of piperidine rings is 1. The number of halogens is 1. The van der Waals surface area contributed by atoms with Crippen LogP contribution in [0.2, 0.25) is 0 Å². The van der Waals surface area contributed by atoms with Gasteiger partial charge in [-0.15, -0.1) is 0 Å². The molecule has 1 aromatic carbocycles. The van der Waals surface area contributed by atoms with E-state index in [4.69, 9.17) is 5.73 Å². The molecule has 1 aromatic rings. The number of hydrogen-bond donors (Lipinski definition) is 1. The molecule has 3 nitrogen and oxygen atoms in total. The van der Waals surface area contributed by atoms with E-state index in [0.29, 0.717) is 5.92 Å². The van der Waals surface area contributed by atoms with Gasteiger partial charge in [0, 0.05) is 13.1 Å². The first kappa shape index (κ1) is 12.9. The largest absolute Gasteiger partial charge is 0.396 e. The summed E-state index contributed by atoms with van der Waals surface area (Å²) in [5.74, 6) is 0.0322. The molecule has 0 bridgehead atoms. The third kappa shape index (κ3) is 2.47. The zero-order valence-electron chi connectivity index (χ0n) is 10.7. The lowest BCUT2D eigenvalue weighted by Gasteiger charge is -2.31. The summed E-state index contributed by atoms with van der Waals surface area (Å²) in [6.45, 7) is 3.66. The molecule has 0 aromatic heterocycles. The van der Waals surface area contributed by atoms with E-state index in [1.807, 2.05) is 0 Å². The van der Waals surface area contributed by atoms with E-state index in [1.54, 1.807) is 11.0 Å². The number of anilines is 1. The number of nitrogens with two attached hydrogens (primary N) is 1. The molecular weight excluding hydrogens is 231 g/mol. The SMILES string of the molecule is CCC1CCN(C(=O)c2cccc(F)c2N)CC1. The molecule has 0 atom stereocenters. The standard InChI is InChI=1S/C14H19FN2O/c1-2-10-6-8-17(9-7-10)14(18)11-4-3-5-12(15)13(11)16/h3-5,10H,2,6-9,16H2,1H3. The summed E-state index contributed by atoms with van der Waals surface area (Å²) in [4.78, 5) is 14.0. The van der Waals surface area contributed by atoms with E-state index >= 15 is 0 Å². The molecule has 0 saturated carbocycles. The predicted molar refractivity (Wildman–Crippen MR) is 69.7 cm³/mol. The lowest BCUT2D eigenvalue weighted by Crippen LogP contribution is -2.38. The normalized spacial score (nSPS) is 16.9. The second kappa shape index (κ2) is 5.38. The van der Waals surface area contributed by atoms with Crippen LogP contribution >= 0.6 is 0 Å². The summed E-state index contributed by atoms with van der Waals surface area (Å²) in [7, 11) is 0. The molecule has 0 unspecified atom stereocenters. The summed E-state index contributed by atoms with van der Waals surface area (Å²) in [5, 5.41) is 0. The maximum absolute atomic E-state index is 13.3. The Balaban J connectivity index is 2.10. The van der Waals surface area contributed by atoms with Crippen molar-refractivity contribution >= 4 is 11.6 Å². The summed E-state index contributed by atoms with van der Waals surface area (Å²) in [5.41, 5.74) is 5.86. The highest BCUT2D eigenvalue weighted by Gasteiger charge is 2.24. The number of para-hydroxylation sites is 1. The van der Waals surface area contributed by atoms with E-state index in [9.17, 15) is 9.18 Å². The van der Waals surface area contributed by atoms with Gasteiger partial charge in [-0.05, 0) is 30.9 Å². The van der Waals surface area contributed by atoms with E-state index in [1.165, 1.54) is 12.1 Å². The van der Waals surface area contributed by atoms with Gasteiger partial charge in [0.2, 0.25) is 0 Å². The minimum Gasteiger partial charge on any atom is -0.396 e. The number of amides is 1. The van der Waals surface area contributed by atoms with Gasteiger partial charge in [0.05, 0.1) is 11.3 Å². The highest BCUT2D eigenvalue weighted by atomic mass is 19.1. The Bertz CT molecular complexity index is 439. The summed E-state index contributed by atoms with van der Waals surface area (Å²) < 4.78 is 13.3. The number of benzene rings is 1. The number of nitrogen functional groups attached to an aromatic ring is 1. The van der Waals surface area contributed by atoms with Crippen LogP contribution in [-0.4, -0.2) is 23.9 Å². The Labute approximate surface area is 107 Å². The second-order valence-electron chi connectivity index (χ2n) is 4.84. The smallest absolute Gasteiger partial charge is 0.256 e. The Hall–Kier alpha value is -1.58. The number of carbonyl (C=O) groups excluding carboxylic acids is 1. The Morgan fingerprint density at radius 1 is 1.44 bits per heavy atom. The molecule has 2 N–H and O–H groups in total. The van der Waals surface area contributed by atoms with Crippen molar-refractivity contribution in [1.29, 1.82) is 0 Å². The van der Waals surface area contributed by atoms with Gasteiger partial charge in [-0.3, -0.25) is 4.79 Å². The van der Waals surface area contributed by atoms with Crippen molar-refractivity contribution in [2.75, 3.05) is 18.8 Å². The van der Waals surface area contributed by atoms with Crippen LogP contribution in [0.15, 0.2) is 18.2 Å². The van der Waals surface area contributed by atoms with Crippen LogP contribution < -0.4 is 5.73 Å². The molecule has 1 aliphatic rings. The Morgan fingerprint density at radius 2 is 2.11 bits per heavy atom. The molecule has 4 heteroatoms. The number of carbonyl (C=O) groups is 1. The van der Waals surface area contributed by atoms with Gasteiger partial charge >= 0.3 is 0 Å². The molecular formula is C14H19FN2O. The zero-order valence-corrected chi connectivity index (χ0v) is 10.7. The first-order valence-corrected chi connectivity index (χ1v) is 6.46. The summed E-state index contributed by atoms with van der Waals surface area (Å²) >= 11 is 0. The lowest BCUT2D eigenvalue weighted by atomic mass is 9.94. The van der Waals surface area contributed by atoms with E-state index in [-0.39, 0.29) is 17.2 Å². The maximum atomic E-state index is 13.3. The molecule has 18 heavy (non-hydrogen) atoms. The molecule has 0 spiro atoms. The average molecular weight is 250 g/mol. The fraction of sp³-hybridized carbons (Fsp3) is 0.500. The van der Waals surface area contributed by atoms with Crippen LogP contribution in [-0.2, 0) is 0 Å². The van der Waals surface area contributed by atoms with Gasteiger partial charge in [-0.1, -0.05) is 19.4 Å². The quantitative estimate of drug-likeness (QED) is 0.820. The summed E-state index contributed by atoms with van der Waals surface area (Å²) in [6.07, 6.45) is 3.21. The van der Waals surface area contributed by atoms with Crippen molar-refractivity contribution in [2.45, 2.75) is 26.2 Å². The van der Waals surface area contributed by atoms with Gasteiger partial charge in [0.25, 0.3) is 5.91 Å². The highest BCUT2D eigenvalue weighted by Crippen LogP contribution is 2.23. The number of rotatable bonds is 2. The van der Waals surface area contributed by atoms with Crippen LogP contribution in [0.25, 0.3) is 0 Å². The Kier molecular flexibility index (Phi) is 3.84. The highest BCUT2D eigenvalue weighted by molar-refractivity contribution is 5.99. The number of hydrogen-bond acceptors (Lipinski definition) is 2. The van der Waals surface area contributed by atoms with Crippen molar-refractivity contribution in [2.24, 2.45) is 5.92 Å². The van der Waals surface area contributed by atoms with Gasteiger partial charge in [0.1, 0.15) is 5.82 Å². The molecule has 1 saturated heterocycles. The van der Waals surface area contributed by atoms with Crippen molar-refractivity contribution in [3.05, 3.63) is 29.6 Å². The number of nitrogens with zero attached hydrogens (tertiary/aromatic N) is 1. The van der Waals surface area contributed by atoms with Crippen LogP contribution in [0.1, 0.15) is 36.5 Å². The second-order valence-corrected chi connectivity index (χ2v) is 4.84. The van der Waals surface area contributed by atoms with Gasteiger partial charge in [-0.2, -0.15) is 0 Å². The van der Waals surface area contributed by atoms with E-state index < -0.39 is 5.82 Å². The molecule has 98 valence electrons. The zero-order chi connectivity index (χ0) is 13.1. The molecule has 1 aliphatic heterocycles. The lowest BCUT2D eigenvalue weighted by molar-refractivity contribution is 0.0689. The molecule has 1 heterocycles. The first-order chi connectivity index (χ1) is 8.63. The Morgan fingerprint density at radius 3 is 2.72 bits per heavy atom. The van der Waals surface area contributed by atoms with E-state index in [2.05, 4.69) is 6.92 Å². The van der Waals surface area contributed by atoms with E-state index in [0.717, 1.165) is 32.4 Å². The molecule has 0 aliphatic carbocycles. The van der Waals surface area contributed by atoms with Gasteiger partial charge in [0.15, 0.2) is 0 Å². The molecule has 1 fully saturated rings. The fourth-order valence-corrected chi connectivity index (χ4v) is 2.44. The number of likely N-dealkylation sites (tertiary alicyclic amines) is 1. The van der Waals surface area contributed by atoms with Crippen LogP contribution in [0.4, 0.5) is 10.1 Å². The predicted octanol–water partition coefficient (Wildman–Crippen LogP) is 2.67. The van der Waals surface area contributed by atoms with Crippen molar-refractivity contribution < 1.29 is 9.18 Å². The topological polar surface area (TPSA) is 46.3 Å². The third-order valence-electron chi connectivity index (χ3n) is 3.76. The molecule has 1 amide bonds. The molecule has 0 radical (unpaired) electrons. The average Bonchev–Trinajstić information content (AvgIpc) is 2.41. The fourth-order valence-electron chi connectivity index (χ4n) is 2.44. The minimum absolute atomic E-state index is 0.0416.